The predicted octanol–water partition coefficient (Wildman–Crippen LogP) is 6.47. The highest BCUT2D eigenvalue weighted by atomic mass is 16.6. The summed E-state index contributed by atoms with van der Waals surface area (Å²) in [5.74, 6) is 0. The summed E-state index contributed by atoms with van der Waals surface area (Å²) in [6.45, 7) is 4.01. The Hall–Kier alpha value is -2.54. The average Bonchev–Trinajstić information content (AvgIpc) is 2.96. The molecule has 0 saturated carbocycles. The summed E-state index contributed by atoms with van der Waals surface area (Å²) in [7, 11) is 0. The first kappa shape index (κ1) is 28.5. The zero-order valence-electron chi connectivity index (χ0n) is 22.5. The summed E-state index contributed by atoms with van der Waals surface area (Å²) in [4.78, 5) is 0. The van der Waals surface area contributed by atoms with Crippen molar-refractivity contribution in [2.45, 2.75) is 89.4 Å². The van der Waals surface area contributed by atoms with Gasteiger partial charge in [-0.25, -0.2) is 0 Å². The fraction of sp³-hybridized carbons (Fsp3) is 0.455. The van der Waals surface area contributed by atoms with Gasteiger partial charge in [-0.2, -0.15) is 0 Å². The first-order valence-corrected chi connectivity index (χ1v) is 14.0. The topological polar surface area (TPSA) is 57.2 Å². The molecule has 3 aromatic carbocycles. The maximum absolute atomic E-state index is 10.7. The SMILES string of the molecule is CCCC[C@H](O)C[C@@H]1C[C@@H](OCc2ccccc2)[C@H](OCc2ccccc2)[C@@H](COCc2ccccc2)O1. The molecule has 1 N–H and O–H groups in total. The Kier molecular flexibility index (Phi) is 11.8. The molecule has 5 atom stereocenters. The molecule has 0 unspecified atom stereocenters. The third kappa shape index (κ3) is 9.33. The van der Waals surface area contributed by atoms with Crippen molar-refractivity contribution in [1.29, 1.82) is 0 Å². The van der Waals surface area contributed by atoms with Gasteiger partial charge in [-0.1, -0.05) is 111 Å². The number of hydrogen-bond donors (Lipinski definition) is 1. The summed E-state index contributed by atoms with van der Waals surface area (Å²) in [6, 6.07) is 30.6. The highest BCUT2D eigenvalue weighted by Gasteiger charge is 2.41. The van der Waals surface area contributed by atoms with Crippen molar-refractivity contribution in [1.82, 2.24) is 0 Å². The molecule has 5 nitrogen and oxygen atoms in total. The second-order valence-corrected chi connectivity index (χ2v) is 10.2. The monoisotopic (exact) mass is 518 g/mol. The van der Waals surface area contributed by atoms with E-state index in [1.54, 1.807) is 0 Å². The van der Waals surface area contributed by atoms with E-state index < -0.39 is 0 Å². The molecule has 0 spiro atoms. The van der Waals surface area contributed by atoms with Crippen molar-refractivity contribution < 1.29 is 24.1 Å². The van der Waals surface area contributed by atoms with Crippen molar-refractivity contribution in [3.63, 3.8) is 0 Å². The molecule has 0 aromatic heterocycles. The van der Waals surface area contributed by atoms with Gasteiger partial charge in [-0.3, -0.25) is 0 Å². The molecule has 1 aliphatic heterocycles. The van der Waals surface area contributed by atoms with Crippen molar-refractivity contribution in [3.8, 4) is 0 Å². The minimum Gasteiger partial charge on any atom is -0.393 e. The fourth-order valence-corrected chi connectivity index (χ4v) is 4.95. The van der Waals surface area contributed by atoms with Gasteiger partial charge in [-0.15, -0.1) is 0 Å². The third-order valence-electron chi connectivity index (χ3n) is 7.01. The molecule has 1 saturated heterocycles. The van der Waals surface area contributed by atoms with Crippen LogP contribution < -0.4 is 0 Å². The standard InChI is InChI=1S/C33H42O5/c1-2-3-19-29(34)20-30-21-31(36-23-27-15-9-5-10-16-27)33(37-24-28-17-11-6-12-18-28)32(38-30)25-35-22-26-13-7-4-8-14-26/h4-18,29-34H,2-3,19-25H2,1H3/t29-,30+,31+,32+,33-/m0/s1. The maximum Gasteiger partial charge on any atom is 0.113 e. The van der Waals surface area contributed by atoms with Crippen LogP contribution in [0.2, 0.25) is 0 Å². The van der Waals surface area contributed by atoms with Crippen LogP contribution in [0.3, 0.4) is 0 Å². The van der Waals surface area contributed by atoms with E-state index in [1.165, 1.54) is 0 Å². The number of aliphatic hydroxyl groups is 1. The van der Waals surface area contributed by atoms with E-state index in [0.29, 0.717) is 39.3 Å². The van der Waals surface area contributed by atoms with Gasteiger partial charge in [0.1, 0.15) is 12.2 Å². The van der Waals surface area contributed by atoms with Crippen LogP contribution in [0, 0.1) is 0 Å². The zero-order chi connectivity index (χ0) is 26.4. The van der Waals surface area contributed by atoms with Crippen LogP contribution in [-0.2, 0) is 38.8 Å². The van der Waals surface area contributed by atoms with Gasteiger partial charge in [0.25, 0.3) is 0 Å². The van der Waals surface area contributed by atoms with E-state index in [2.05, 4.69) is 43.3 Å². The molecule has 204 valence electrons. The fourth-order valence-electron chi connectivity index (χ4n) is 4.95. The van der Waals surface area contributed by atoms with E-state index in [1.807, 2.05) is 54.6 Å². The van der Waals surface area contributed by atoms with Gasteiger partial charge in [-0.05, 0) is 29.5 Å². The van der Waals surface area contributed by atoms with Crippen LogP contribution >= 0.6 is 0 Å². The van der Waals surface area contributed by atoms with Crippen LogP contribution in [0.1, 0.15) is 55.7 Å². The summed E-state index contributed by atoms with van der Waals surface area (Å²) in [5, 5.41) is 10.7. The van der Waals surface area contributed by atoms with E-state index in [9.17, 15) is 5.11 Å². The van der Waals surface area contributed by atoms with E-state index >= 15 is 0 Å². The lowest BCUT2D eigenvalue weighted by Crippen LogP contribution is -2.53. The number of unbranched alkanes of at least 4 members (excludes halogenated alkanes) is 1. The van der Waals surface area contributed by atoms with Gasteiger partial charge in [0, 0.05) is 6.42 Å². The second kappa shape index (κ2) is 15.8. The Labute approximate surface area is 227 Å². The Bertz CT molecular complexity index is 1010. The number of ether oxygens (including phenoxy) is 4. The van der Waals surface area contributed by atoms with Crippen LogP contribution in [0.5, 0.6) is 0 Å². The smallest absolute Gasteiger partial charge is 0.113 e. The lowest BCUT2D eigenvalue weighted by atomic mass is 9.93. The number of hydrogen-bond acceptors (Lipinski definition) is 5. The Morgan fingerprint density at radius 1 is 0.789 bits per heavy atom. The molecule has 38 heavy (non-hydrogen) atoms. The molecule has 1 fully saturated rings. The quantitative estimate of drug-likeness (QED) is 0.250. The maximum atomic E-state index is 10.7. The van der Waals surface area contributed by atoms with Crippen molar-refractivity contribution in [2.24, 2.45) is 0 Å². The summed E-state index contributed by atoms with van der Waals surface area (Å²) in [6.07, 6.45) is 2.84. The Balaban J connectivity index is 1.48. The van der Waals surface area contributed by atoms with Gasteiger partial charge < -0.3 is 24.1 Å². The Morgan fingerprint density at radius 3 is 1.92 bits per heavy atom. The summed E-state index contributed by atoms with van der Waals surface area (Å²) >= 11 is 0. The second-order valence-electron chi connectivity index (χ2n) is 10.2. The van der Waals surface area contributed by atoms with Gasteiger partial charge >= 0.3 is 0 Å². The van der Waals surface area contributed by atoms with Crippen molar-refractivity contribution in [2.75, 3.05) is 6.61 Å². The van der Waals surface area contributed by atoms with Crippen LogP contribution in [-0.4, -0.2) is 42.2 Å². The molecular formula is C33H42O5. The van der Waals surface area contributed by atoms with Gasteiger partial charge in [0.05, 0.1) is 44.7 Å². The molecule has 0 amide bonds. The lowest BCUT2D eigenvalue weighted by molar-refractivity contribution is -0.224. The molecular weight excluding hydrogens is 476 g/mol. The van der Waals surface area contributed by atoms with Crippen LogP contribution in [0.25, 0.3) is 0 Å². The van der Waals surface area contributed by atoms with Gasteiger partial charge in [0.2, 0.25) is 0 Å². The molecule has 0 aliphatic carbocycles. The Morgan fingerprint density at radius 2 is 1.34 bits per heavy atom. The number of benzene rings is 3. The minimum absolute atomic E-state index is 0.121. The molecule has 1 aliphatic rings. The van der Waals surface area contributed by atoms with Crippen LogP contribution in [0.4, 0.5) is 0 Å². The molecule has 0 bridgehead atoms. The molecule has 3 aromatic rings. The average molecular weight is 519 g/mol. The zero-order valence-corrected chi connectivity index (χ0v) is 22.5. The number of aliphatic hydroxyl groups excluding tert-OH is 1. The summed E-state index contributed by atoms with van der Waals surface area (Å²) < 4.78 is 25.7. The van der Waals surface area contributed by atoms with Gasteiger partial charge in [0.15, 0.2) is 0 Å². The first-order valence-electron chi connectivity index (χ1n) is 14.0. The highest BCUT2D eigenvalue weighted by molar-refractivity contribution is 5.15. The molecule has 0 radical (unpaired) electrons. The minimum atomic E-state index is -0.387. The molecule has 1 heterocycles. The van der Waals surface area contributed by atoms with E-state index in [0.717, 1.165) is 36.0 Å². The molecule has 4 rings (SSSR count). The van der Waals surface area contributed by atoms with Crippen molar-refractivity contribution in [3.05, 3.63) is 108 Å². The number of rotatable bonds is 15. The summed E-state index contributed by atoms with van der Waals surface area (Å²) in [5.41, 5.74) is 3.35. The van der Waals surface area contributed by atoms with Crippen LogP contribution in [0.15, 0.2) is 91.0 Å². The highest BCUT2D eigenvalue weighted by Crippen LogP contribution is 2.30. The van der Waals surface area contributed by atoms with E-state index in [4.69, 9.17) is 18.9 Å². The first-order chi connectivity index (χ1) is 18.7. The molecule has 5 heteroatoms. The predicted molar refractivity (Wildman–Crippen MR) is 150 cm³/mol. The largest absolute Gasteiger partial charge is 0.393 e. The lowest BCUT2D eigenvalue weighted by Gasteiger charge is -2.42. The third-order valence-corrected chi connectivity index (χ3v) is 7.01. The van der Waals surface area contributed by atoms with Crippen molar-refractivity contribution >= 4 is 0 Å². The normalized spacial score (nSPS) is 22.3. The van der Waals surface area contributed by atoms with E-state index in [-0.39, 0.29) is 30.5 Å².